The lowest BCUT2D eigenvalue weighted by Gasteiger charge is -2.25. The Morgan fingerprint density at radius 2 is 2.11 bits per heavy atom. The van der Waals surface area contributed by atoms with E-state index in [9.17, 15) is 8.42 Å². The summed E-state index contributed by atoms with van der Waals surface area (Å²) in [5, 5.41) is 9.44. The molecule has 0 N–H and O–H groups in total. The van der Waals surface area contributed by atoms with Crippen LogP contribution in [0.15, 0.2) is 42.6 Å². The van der Waals surface area contributed by atoms with Crippen LogP contribution in [0.25, 0.3) is 0 Å². The molecular formula is C19H19ClN4O2S. The SMILES string of the molecule is N#Cc1ccc(N2CC3CCN(S(=O)(=O)Cc4cccc(Cl)c4)C3C2)nc1. The Morgan fingerprint density at radius 3 is 2.81 bits per heavy atom. The van der Waals surface area contributed by atoms with E-state index in [0.29, 0.717) is 35.2 Å². The number of nitrogens with zero attached hydrogens (tertiary/aromatic N) is 4. The minimum absolute atomic E-state index is 0.0355. The monoisotopic (exact) mass is 402 g/mol. The van der Waals surface area contributed by atoms with Gasteiger partial charge < -0.3 is 4.90 Å². The van der Waals surface area contributed by atoms with Gasteiger partial charge in [-0.1, -0.05) is 23.7 Å². The highest BCUT2D eigenvalue weighted by molar-refractivity contribution is 7.88. The van der Waals surface area contributed by atoms with Crippen molar-refractivity contribution >= 4 is 27.4 Å². The molecule has 1 aromatic heterocycles. The average molecular weight is 403 g/mol. The molecule has 2 aliphatic heterocycles. The third-order valence-electron chi connectivity index (χ3n) is 5.29. The molecule has 0 spiro atoms. The van der Waals surface area contributed by atoms with Gasteiger partial charge in [0.25, 0.3) is 0 Å². The molecule has 8 heteroatoms. The highest BCUT2D eigenvalue weighted by atomic mass is 35.5. The van der Waals surface area contributed by atoms with Crippen molar-refractivity contribution in [1.82, 2.24) is 9.29 Å². The number of benzene rings is 1. The summed E-state index contributed by atoms with van der Waals surface area (Å²) in [5.41, 5.74) is 1.22. The number of sulfonamides is 1. The standard InChI is InChI=1S/C19H19ClN4O2S/c20-17-3-1-2-14(8-17)13-27(25,26)24-7-6-16-11-23(12-18(16)24)19-5-4-15(9-21)10-22-19/h1-5,8,10,16,18H,6-7,11-13H2. The maximum Gasteiger partial charge on any atom is 0.218 e. The molecule has 0 saturated carbocycles. The lowest BCUT2D eigenvalue weighted by Crippen LogP contribution is -2.40. The quantitative estimate of drug-likeness (QED) is 0.785. The summed E-state index contributed by atoms with van der Waals surface area (Å²) in [4.78, 5) is 6.45. The first-order valence-corrected chi connectivity index (χ1v) is 10.8. The Hall–Kier alpha value is -2.14. The maximum absolute atomic E-state index is 13.0. The van der Waals surface area contributed by atoms with Crippen molar-refractivity contribution in [3.8, 4) is 6.07 Å². The second-order valence-electron chi connectivity index (χ2n) is 7.03. The molecule has 2 aliphatic rings. The summed E-state index contributed by atoms with van der Waals surface area (Å²) in [6, 6.07) is 12.6. The van der Waals surface area contributed by atoms with Crippen LogP contribution in [0.1, 0.15) is 17.5 Å². The average Bonchev–Trinajstić information content (AvgIpc) is 3.22. The Labute approximate surface area is 164 Å². The fraction of sp³-hybridized carbons (Fsp3) is 0.368. The highest BCUT2D eigenvalue weighted by Gasteiger charge is 2.46. The zero-order chi connectivity index (χ0) is 19.0. The van der Waals surface area contributed by atoms with Crippen LogP contribution in [-0.4, -0.2) is 43.4 Å². The Morgan fingerprint density at radius 1 is 1.26 bits per heavy atom. The second-order valence-corrected chi connectivity index (χ2v) is 9.39. The van der Waals surface area contributed by atoms with Crippen LogP contribution in [-0.2, 0) is 15.8 Å². The molecule has 6 nitrogen and oxygen atoms in total. The number of hydrogen-bond acceptors (Lipinski definition) is 5. The van der Waals surface area contributed by atoms with Crippen molar-refractivity contribution < 1.29 is 8.42 Å². The van der Waals surface area contributed by atoms with E-state index in [0.717, 1.165) is 18.8 Å². The second kappa shape index (κ2) is 7.12. The molecule has 2 unspecified atom stereocenters. The van der Waals surface area contributed by atoms with Crippen molar-refractivity contribution in [2.24, 2.45) is 5.92 Å². The molecule has 2 fully saturated rings. The van der Waals surface area contributed by atoms with Gasteiger partial charge in [0.05, 0.1) is 11.3 Å². The lowest BCUT2D eigenvalue weighted by atomic mass is 10.1. The smallest absolute Gasteiger partial charge is 0.218 e. The molecule has 2 atom stereocenters. The van der Waals surface area contributed by atoms with Crippen LogP contribution >= 0.6 is 11.6 Å². The molecule has 4 rings (SSSR count). The normalized spacial score (nSPS) is 22.6. The lowest BCUT2D eigenvalue weighted by molar-refractivity contribution is 0.384. The number of halogens is 1. The number of aromatic nitrogens is 1. The van der Waals surface area contributed by atoms with Gasteiger partial charge >= 0.3 is 0 Å². The van der Waals surface area contributed by atoms with E-state index in [4.69, 9.17) is 16.9 Å². The minimum Gasteiger partial charge on any atom is -0.355 e. The van der Waals surface area contributed by atoms with Gasteiger partial charge in [-0.2, -0.15) is 9.57 Å². The van der Waals surface area contributed by atoms with Crippen LogP contribution < -0.4 is 4.90 Å². The van der Waals surface area contributed by atoms with Gasteiger partial charge in [-0.05, 0) is 42.2 Å². The Bertz CT molecular complexity index is 988. The third kappa shape index (κ3) is 3.65. The first-order valence-electron chi connectivity index (χ1n) is 8.81. The van der Waals surface area contributed by atoms with Gasteiger partial charge in [0.1, 0.15) is 11.9 Å². The van der Waals surface area contributed by atoms with Gasteiger partial charge in [0, 0.05) is 36.9 Å². The van der Waals surface area contributed by atoms with Crippen LogP contribution in [0.5, 0.6) is 0 Å². The molecule has 0 bridgehead atoms. The van der Waals surface area contributed by atoms with E-state index in [1.807, 2.05) is 6.07 Å². The zero-order valence-corrected chi connectivity index (χ0v) is 16.2. The van der Waals surface area contributed by atoms with Crippen LogP contribution in [0, 0.1) is 17.2 Å². The molecule has 0 aliphatic carbocycles. The predicted octanol–water partition coefficient (Wildman–Crippen LogP) is 2.65. The number of fused-ring (bicyclic) bond motifs is 1. The number of rotatable bonds is 4. The molecule has 0 radical (unpaired) electrons. The van der Waals surface area contributed by atoms with Crippen molar-refractivity contribution in [3.05, 3.63) is 58.7 Å². The van der Waals surface area contributed by atoms with Crippen molar-refractivity contribution in [3.63, 3.8) is 0 Å². The van der Waals surface area contributed by atoms with Gasteiger partial charge in [0.15, 0.2) is 0 Å². The molecule has 1 aromatic carbocycles. The van der Waals surface area contributed by atoms with Crippen molar-refractivity contribution in [2.45, 2.75) is 18.2 Å². The topological polar surface area (TPSA) is 77.3 Å². The number of pyridine rings is 1. The molecule has 27 heavy (non-hydrogen) atoms. The van der Waals surface area contributed by atoms with E-state index in [2.05, 4.69) is 16.0 Å². The van der Waals surface area contributed by atoms with Crippen molar-refractivity contribution in [2.75, 3.05) is 24.5 Å². The molecule has 2 saturated heterocycles. The molecule has 2 aromatic rings. The minimum atomic E-state index is -3.42. The predicted molar refractivity (Wildman–Crippen MR) is 104 cm³/mol. The number of nitriles is 1. The molecule has 140 valence electrons. The summed E-state index contributed by atoms with van der Waals surface area (Å²) in [7, 11) is -3.42. The summed E-state index contributed by atoms with van der Waals surface area (Å²) in [6.07, 6.45) is 2.41. The summed E-state index contributed by atoms with van der Waals surface area (Å²) in [6.45, 7) is 1.97. The van der Waals surface area contributed by atoms with Crippen LogP contribution in [0.3, 0.4) is 0 Å². The van der Waals surface area contributed by atoms with Crippen LogP contribution in [0.4, 0.5) is 5.82 Å². The number of hydrogen-bond donors (Lipinski definition) is 0. The summed E-state index contributed by atoms with van der Waals surface area (Å²) < 4.78 is 27.6. The van der Waals surface area contributed by atoms with Crippen LogP contribution in [0.2, 0.25) is 5.02 Å². The maximum atomic E-state index is 13.0. The molecule has 0 amide bonds. The van der Waals surface area contributed by atoms with Gasteiger partial charge in [-0.15, -0.1) is 0 Å². The highest BCUT2D eigenvalue weighted by Crippen LogP contribution is 2.36. The molecular weight excluding hydrogens is 384 g/mol. The van der Waals surface area contributed by atoms with E-state index < -0.39 is 10.0 Å². The van der Waals surface area contributed by atoms with Gasteiger partial charge in [-0.25, -0.2) is 13.4 Å². The van der Waals surface area contributed by atoms with E-state index in [1.165, 1.54) is 0 Å². The van der Waals surface area contributed by atoms with Gasteiger partial charge in [0.2, 0.25) is 10.0 Å². The number of anilines is 1. The summed E-state index contributed by atoms with van der Waals surface area (Å²) in [5.74, 6) is 1.05. The Balaban J connectivity index is 1.50. The molecule has 3 heterocycles. The Kier molecular flexibility index (Phi) is 4.81. The largest absolute Gasteiger partial charge is 0.355 e. The van der Waals surface area contributed by atoms with E-state index in [1.54, 1.807) is 40.8 Å². The first kappa shape index (κ1) is 18.2. The van der Waals surface area contributed by atoms with Crippen molar-refractivity contribution in [1.29, 1.82) is 5.26 Å². The summed E-state index contributed by atoms with van der Waals surface area (Å²) >= 11 is 5.99. The fourth-order valence-electron chi connectivity index (χ4n) is 4.01. The third-order valence-corrected chi connectivity index (χ3v) is 7.39. The van der Waals surface area contributed by atoms with E-state index >= 15 is 0 Å². The zero-order valence-electron chi connectivity index (χ0n) is 14.6. The first-order chi connectivity index (χ1) is 13.0. The van der Waals surface area contributed by atoms with E-state index in [-0.39, 0.29) is 11.8 Å². The van der Waals surface area contributed by atoms with Gasteiger partial charge in [-0.3, -0.25) is 0 Å². The fourth-order valence-corrected chi connectivity index (χ4v) is 6.03.